The Morgan fingerprint density at radius 1 is 0.706 bits per heavy atom. The molecular formula is C30H26BO3. The van der Waals surface area contributed by atoms with Gasteiger partial charge in [0.25, 0.3) is 0 Å². The Labute approximate surface area is 199 Å². The summed E-state index contributed by atoms with van der Waals surface area (Å²) in [5.41, 5.74) is 3.31. The van der Waals surface area contributed by atoms with Crippen LogP contribution in [0.4, 0.5) is 0 Å². The van der Waals surface area contributed by atoms with E-state index < -0.39 is 11.2 Å². The molecule has 5 aromatic carbocycles. The molecule has 1 radical (unpaired) electrons. The smallest absolute Gasteiger partial charge is 0.330 e. The van der Waals surface area contributed by atoms with Crippen LogP contribution in [0.1, 0.15) is 27.7 Å². The summed E-state index contributed by atoms with van der Waals surface area (Å²) in [6.45, 7) is 7.34. The van der Waals surface area contributed by atoms with Gasteiger partial charge in [0.15, 0.2) is 0 Å². The Morgan fingerprint density at radius 3 is 2.03 bits per heavy atom. The molecular weight excluding hydrogens is 419 g/mol. The molecule has 0 saturated carbocycles. The molecule has 0 bridgehead atoms. The van der Waals surface area contributed by atoms with Gasteiger partial charge in [-0.25, -0.2) is 0 Å². The molecule has 0 aliphatic carbocycles. The molecule has 1 heterocycles. The van der Waals surface area contributed by atoms with Crippen molar-refractivity contribution >= 4 is 56.4 Å². The Hall–Kier alpha value is -3.34. The van der Waals surface area contributed by atoms with Crippen molar-refractivity contribution in [3.8, 4) is 11.1 Å². The molecule has 0 saturated heterocycles. The molecule has 0 spiro atoms. The van der Waals surface area contributed by atoms with Crippen molar-refractivity contribution in [1.29, 1.82) is 0 Å². The predicted octanol–water partition coefficient (Wildman–Crippen LogP) is 6.81. The maximum atomic E-state index is 10.6. The first-order valence-electron chi connectivity index (χ1n) is 11.7. The summed E-state index contributed by atoms with van der Waals surface area (Å²) in [5, 5.41) is 17.6. The van der Waals surface area contributed by atoms with E-state index in [9.17, 15) is 5.11 Å². The van der Waals surface area contributed by atoms with Gasteiger partial charge in [-0.05, 0) is 72.5 Å². The van der Waals surface area contributed by atoms with E-state index in [1.807, 2.05) is 32.0 Å². The second kappa shape index (κ2) is 7.33. The topological polar surface area (TPSA) is 42.6 Å². The summed E-state index contributed by atoms with van der Waals surface area (Å²) in [5.74, 6) is 0. The number of hydrogen-bond donors (Lipinski definition) is 1. The van der Waals surface area contributed by atoms with Crippen LogP contribution in [0.5, 0.6) is 0 Å². The van der Waals surface area contributed by atoms with Gasteiger partial charge >= 0.3 is 7.48 Å². The zero-order valence-corrected chi connectivity index (χ0v) is 19.8. The van der Waals surface area contributed by atoms with Crippen LogP contribution in [0.15, 0.2) is 83.3 Å². The van der Waals surface area contributed by atoms with E-state index in [1.54, 1.807) is 21.3 Å². The fourth-order valence-corrected chi connectivity index (χ4v) is 4.74. The Kier molecular flexibility index (Phi) is 4.57. The molecule has 0 aliphatic heterocycles. The average molecular weight is 445 g/mol. The lowest BCUT2D eigenvalue weighted by Gasteiger charge is -2.37. The highest BCUT2D eigenvalue weighted by Crippen LogP contribution is 2.44. The van der Waals surface area contributed by atoms with E-state index in [2.05, 4.69) is 60.7 Å². The quantitative estimate of drug-likeness (QED) is 0.234. The van der Waals surface area contributed by atoms with E-state index in [0.29, 0.717) is 0 Å². The highest BCUT2D eigenvalue weighted by atomic mass is 16.5. The van der Waals surface area contributed by atoms with Crippen LogP contribution >= 0.6 is 0 Å². The zero-order chi connectivity index (χ0) is 23.7. The number of furan rings is 1. The monoisotopic (exact) mass is 445 g/mol. The predicted molar refractivity (Wildman–Crippen MR) is 142 cm³/mol. The number of benzene rings is 5. The summed E-state index contributed by atoms with van der Waals surface area (Å²) in [6, 6.07) is 27.4. The van der Waals surface area contributed by atoms with Gasteiger partial charge in [-0.15, -0.1) is 0 Å². The SMILES string of the molecule is CC(C)(O)C(C)(C)O[B]c1cc(-c2ccccc2)c2c(c1)c1cccc3oc4cccc2c4c31. The van der Waals surface area contributed by atoms with Gasteiger partial charge in [-0.3, -0.25) is 0 Å². The first kappa shape index (κ1) is 21.2. The van der Waals surface area contributed by atoms with Crippen molar-refractivity contribution in [2.45, 2.75) is 38.9 Å². The van der Waals surface area contributed by atoms with Crippen LogP contribution < -0.4 is 5.46 Å². The van der Waals surface area contributed by atoms with Crippen molar-refractivity contribution < 1.29 is 14.2 Å². The van der Waals surface area contributed by atoms with E-state index in [1.165, 1.54) is 21.5 Å². The van der Waals surface area contributed by atoms with E-state index in [0.717, 1.165) is 38.5 Å². The lowest BCUT2D eigenvalue weighted by molar-refractivity contribution is -0.0893. The molecule has 0 aliphatic rings. The van der Waals surface area contributed by atoms with Crippen molar-refractivity contribution in [1.82, 2.24) is 0 Å². The van der Waals surface area contributed by atoms with Gasteiger partial charge in [0.05, 0.1) is 11.2 Å². The molecule has 0 unspecified atom stereocenters. The Balaban J connectivity index is 1.68. The van der Waals surface area contributed by atoms with Crippen LogP contribution in [0.25, 0.3) is 54.6 Å². The molecule has 1 N–H and O–H groups in total. The minimum absolute atomic E-state index is 0.751. The molecule has 34 heavy (non-hydrogen) atoms. The highest BCUT2D eigenvalue weighted by Gasteiger charge is 2.35. The maximum Gasteiger partial charge on any atom is 0.330 e. The molecule has 0 amide bonds. The fourth-order valence-electron chi connectivity index (χ4n) is 4.74. The number of rotatable bonds is 5. The largest absolute Gasteiger partial charge is 0.456 e. The van der Waals surface area contributed by atoms with Crippen LogP contribution in [-0.2, 0) is 4.65 Å². The minimum atomic E-state index is -0.993. The molecule has 1 aromatic heterocycles. The van der Waals surface area contributed by atoms with E-state index >= 15 is 0 Å². The zero-order valence-electron chi connectivity index (χ0n) is 19.8. The summed E-state index contributed by atoms with van der Waals surface area (Å²) in [6.07, 6.45) is 0. The van der Waals surface area contributed by atoms with Gasteiger partial charge in [0.2, 0.25) is 0 Å². The van der Waals surface area contributed by atoms with Gasteiger partial charge in [-0.2, -0.15) is 0 Å². The standard InChI is InChI=1S/C30H26BO3/c1-29(2,32)30(3,4)34-31-19-16-22(18-10-6-5-7-11-18)26-21-13-9-15-25-28(21)27-20(23(26)17-19)12-8-14-24(27)33-25/h5-17,32H,1-4H3. The van der Waals surface area contributed by atoms with Crippen molar-refractivity contribution in [3.05, 3.63) is 78.9 Å². The van der Waals surface area contributed by atoms with Crippen LogP contribution in [0.3, 0.4) is 0 Å². The molecule has 6 rings (SSSR count). The van der Waals surface area contributed by atoms with E-state index in [4.69, 9.17) is 9.07 Å². The van der Waals surface area contributed by atoms with Gasteiger partial charge in [0.1, 0.15) is 11.2 Å². The highest BCUT2D eigenvalue weighted by molar-refractivity contribution is 6.49. The first-order chi connectivity index (χ1) is 16.2. The summed E-state index contributed by atoms with van der Waals surface area (Å²) in [4.78, 5) is 0. The van der Waals surface area contributed by atoms with E-state index in [-0.39, 0.29) is 0 Å². The van der Waals surface area contributed by atoms with Gasteiger partial charge in [0, 0.05) is 10.8 Å². The minimum Gasteiger partial charge on any atom is -0.456 e. The van der Waals surface area contributed by atoms with Crippen LogP contribution in [0.2, 0.25) is 0 Å². The lowest BCUT2D eigenvalue weighted by atomic mass is 9.79. The Bertz CT molecular complexity index is 1660. The molecule has 4 heteroatoms. The fraction of sp³-hybridized carbons (Fsp3) is 0.200. The first-order valence-corrected chi connectivity index (χ1v) is 11.7. The van der Waals surface area contributed by atoms with Crippen molar-refractivity contribution in [2.24, 2.45) is 0 Å². The third-order valence-corrected chi connectivity index (χ3v) is 7.29. The summed E-state index contributed by atoms with van der Waals surface area (Å²) in [7, 11) is 1.77. The molecule has 167 valence electrons. The van der Waals surface area contributed by atoms with Crippen LogP contribution in [0, 0.1) is 0 Å². The van der Waals surface area contributed by atoms with Crippen LogP contribution in [-0.4, -0.2) is 23.8 Å². The van der Waals surface area contributed by atoms with Crippen molar-refractivity contribution in [3.63, 3.8) is 0 Å². The molecule has 0 atom stereocenters. The number of hydrogen-bond acceptors (Lipinski definition) is 3. The second-order valence-electron chi connectivity index (χ2n) is 10.1. The number of fused-ring (bicyclic) bond motifs is 3. The van der Waals surface area contributed by atoms with Crippen molar-refractivity contribution in [2.75, 3.05) is 0 Å². The second-order valence-corrected chi connectivity index (χ2v) is 10.1. The lowest BCUT2D eigenvalue weighted by Crippen LogP contribution is -2.49. The third kappa shape index (κ3) is 3.13. The van der Waals surface area contributed by atoms with Gasteiger partial charge < -0.3 is 14.2 Å². The molecule has 6 aromatic rings. The normalized spacial score (nSPS) is 13.0. The molecule has 0 fully saturated rings. The molecule has 3 nitrogen and oxygen atoms in total. The Morgan fingerprint density at radius 2 is 1.35 bits per heavy atom. The maximum absolute atomic E-state index is 10.6. The third-order valence-electron chi connectivity index (χ3n) is 7.29. The average Bonchev–Trinajstić information content (AvgIpc) is 3.21. The summed E-state index contributed by atoms with van der Waals surface area (Å²) < 4.78 is 12.4. The number of aliphatic hydroxyl groups is 1. The summed E-state index contributed by atoms with van der Waals surface area (Å²) >= 11 is 0. The van der Waals surface area contributed by atoms with Gasteiger partial charge in [-0.1, -0.05) is 72.2 Å².